The highest BCUT2D eigenvalue weighted by Gasteiger charge is 1.97. The number of nitrogens with zero attached hydrogens (tertiary/aromatic N) is 1. The van der Waals surface area contributed by atoms with Gasteiger partial charge >= 0.3 is 0 Å². The SMILES string of the molecule is C#CCONc1ncccc1Cl. The number of hydrogen-bond donors (Lipinski definition) is 1. The van der Waals surface area contributed by atoms with Gasteiger partial charge in [-0.25, -0.2) is 10.5 Å². The molecule has 0 amide bonds. The minimum Gasteiger partial charge on any atom is -0.262 e. The highest BCUT2D eigenvalue weighted by atomic mass is 35.5. The van der Waals surface area contributed by atoms with Gasteiger partial charge in [-0.15, -0.1) is 6.42 Å². The molecule has 1 aromatic heterocycles. The molecular weight excluding hydrogens is 176 g/mol. The van der Waals surface area contributed by atoms with Crippen LogP contribution >= 0.6 is 11.6 Å². The molecule has 0 aliphatic heterocycles. The van der Waals surface area contributed by atoms with E-state index < -0.39 is 0 Å². The zero-order valence-corrected chi connectivity index (χ0v) is 7.01. The third kappa shape index (κ3) is 2.42. The van der Waals surface area contributed by atoms with E-state index in [1.54, 1.807) is 18.3 Å². The number of nitrogens with one attached hydrogen (secondary N) is 1. The number of terminal acetylenes is 1. The Morgan fingerprint density at radius 2 is 2.58 bits per heavy atom. The van der Waals surface area contributed by atoms with Crippen molar-refractivity contribution in [2.75, 3.05) is 12.1 Å². The summed E-state index contributed by atoms with van der Waals surface area (Å²) in [5.41, 5.74) is 2.53. The number of rotatable bonds is 3. The van der Waals surface area contributed by atoms with E-state index in [1.807, 2.05) is 0 Å². The van der Waals surface area contributed by atoms with Crippen molar-refractivity contribution in [1.82, 2.24) is 4.98 Å². The van der Waals surface area contributed by atoms with Crippen LogP contribution in [0.25, 0.3) is 0 Å². The second-order valence-corrected chi connectivity index (χ2v) is 2.34. The lowest BCUT2D eigenvalue weighted by Crippen LogP contribution is -2.02. The summed E-state index contributed by atoms with van der Waals surface area (Å²) < 4.78 is 0. The molecule has 0 aromatic carbocycles. The van der Waals surface area contributed by atoms with Crippen LogP contribution in [0.3, 0.4) is 0 Å². The van der Waals surface area contributed by atoms with Gasteiger partial charge in [-0.05, 0) is 12.1 Å². The van der Waals surface area contributed by atoms with E-state index in [-0.39, 0.29) is 6.61 Å². The number of halogens is 1. The van der Waals surface area contributed by atoms with Crippen molar-refractivity contribution in [2.24, 2.45) is 0 Å². The Morgan fingerprint density at radius 1 is 1.75 bits per heavy atom. The number of anilines is 1. The van der Waals surface area contributed by atoms with Gasteiger partial charge in [0.25, 0.3) is 0 Å². The number of pyridine rings is 1. The molecule has 0 saturated carbocycles. The van der Waals surface area contributed by atoms with E-state index in [1.165, 1.54) is 0 Å². The van der Waals surface area contributed by atoms with Crippen molar-refractivity contribution in [3.8, 4) is 12.3 Å². The first-order valence-corrected chi connectivity index (χ1v) is 3.64. The van der Waals surface area contributed by atoms with Crippen molar-refractivity contribution < 1.29 is 4.84 Å². The third-order valence-electron chi connectivity index (χ3n) is 1.08. The average molecular weight is 183 g/mol. The Balaban J connectivity index is 2.53. The normalized spacial score (nSPS) is 9.00. The van der Waals surface area contributed by atoms with Gasteiger partial charge in [0, 0.05) is 6.20 Å². The summed E-state index contributed by atoms with van der Waals surface area (Å²) in [6.07, 6.45) is 6.57. The molecule has 0 bridgehead atoms. The van der Waals surface area contributed by atoms with E-state index >= 15 is 0 Å². The predicted molar refractivity (Wildman–Crippen MR) is 47.7 cm³/mol. The molecule has 1 aromatic rings. The number of hydrogen-bond acceptors (Lipinski definition) is 3. The smallest absolute Gasteiger partial charge is 0.168 e. The highest BCUT2D eigenvalue weighted by molar-refractivity contribution is 6.32. The molecular formula is C8H7ClN2O. The third-order valence-corrected chi connectivity index (χ3v) is 1.39. The summed E-state index contributed by atoms with van der Waals surface area (Å²) in [5, 5.41) is 0.495. The lowest BCUT2D eigenvalue weighted by molar-refractivity contribution is 0.232. The van der Waals surface area contributed by atoms with Gasteiger partial charge in [0.15, 0.2) is 5.82 Å². The molecule has 0 atom stereocenters. The van der Waals surface area contributed by atoms with Crippen LogP contribution in [0.4, 0.5) is 5.82 Å². The van der Waals surface area contributed by atoms with Crippen molar-refractivity contribution in [2.45, 2.75) is 0 Å². The molecule has 0 saturated heterocycles. The van der Waals surface area contributed by atoms with Gasteiger partial charge < -0.3 is 0 Å². The fourth-order valence-electron chi connectivity index (χ4n) is 0.607. The Morgan fingerprint density at radius 3 is 3.25 bits per heavy atom. The minimum absolute atomic E-state index is 0.174. The first-order valence-electron chi connectivity index (χ1n) is 3.26. The monoisotopic (exact) mass is 182 g/mol. The number of aromatic nitrogens is 1. The maximum Gasteiger partial charge on any atom is 0.168 e. The van der Waals surface area contributed by atoms with Crippen molar-refractivity contribution >= 4 is 17.4 Å². The maximum atomic E-state index is 5.75. The zero-order chi connectivity index (χ0) is 8.81. The fraction of sp³-hybridized carbons (Fsp3) is 0.125. The Kier molecular flexibility index (Phi) is 3.39. The first-order chi connectivity index (χ1) is 5.84. The largest absolute Gasteiger partial charge is 0.262 e. The molecule has 62 valence electrons. The van der Waals surface area contributed by atoms with Crippen LogP contribution < -0.4 is 5.48 Å². The lowest BCUT2D eigenvalue weighted by atomic mass is 10.5. The molecule has 0 spiro atoms. The van der Waals surface area contributed by atoms with Gasteiger partial charge in [-0.2, -0.15) is 0 Å². The van der Waals surface area contributed by atoms with E-state index in [9.17, 15) is 0 Å². The van der Waals surface area contributed by atoms with Crippen LogP contribution in [0.2, 0.25) is 5.02 Å². The van der Waals surface area contributed by atoms with Crippen LogP contribution in [0.5, 0.6) is 0 Å². The lowest BCUT2D eigenvalue weighted by Gasteiger charge is -2.03. The average Bonchev–Trinajstić information content (AvgIpc) is 2.09. The van der Waals surface area contributed by atoms with Gasteiger partial charge in [-0.3, -0.25) is 4.84 Å². The van der Waals surface area contributed by atoms with Crippen molar-refractivity contribution in [1.29, 1.82) is 0 Å². The molecule has 4 heteroatoms. The zero-order valence-electron chi connectivity index (χ0n) is 6.25. The fourth-order valence-corrected chi connectivity index (χ4v) is 0.767. The van der Waals surface area contributed by atoms with Crippen LogP contribution in [0, 0.1) is 12.3 Å². The van der Waals surface area contributed by atoms with Crippen molar-refractivity contribution in [3.05, 3.63) is 23.4 Å². The molecule has 1 rings (SSSR count). The second kappa shape index (κ2) is 4.60. The second-order valence-electron chi connectivity index (χ2n) is 1.93. The molecule has 0 aliphatic carbocycles. The summed E-state index contributed by atoms with van der Waals surface area (Å²) in [4.78, 5) is 8.73. The first kappa shape index (κ1) is 8.85. The molecule has 1 N–H and O–H groups in total. The van der Waals surface area contributed by atoms with E-state index in [4.69, 9.17) is 22.9 Å². The standard InChI is InChI=1S/C8H7ClN2O/c1-2-6-12-11-8-7(9)4-3-5-10-8/h1,3-5H,6H2,(H,10,11). The highest BCUT2D eigenvalue weighted by Crippen LogP contribution is 2.16. The summed E-state index contributed by atoms with van der Waals surface area (Å²) in [6.45, 7) is 0.174. The molecule has 0 radical (unpaired) electrons. The van der Waals surface area contributed by atoms with E-state index in [0.29, 0.717) is 10.8 Å². The summed E-state index contributed by atoms with van der Waals surface area (Å²) in [6, 6.07) is 3.44. The van der Waals surface area contributed by atoms with Crippen LogP contribution in [-0.2, 0) is 4.84 Å². The Labute approximate surface area is 75.7 Å². The van der Waals surface area contributed by atoms with Crippen LogP contribution in [0.1, 0.15) is 0 Å². The predicted octanol–water partition coefficient (Wildman–Crippen LogP) is 1.71. The Hall–Kier alpha value is -1.24. The molecule has 0 unspecified atom stereocenters. The van der Waals surface area contributed by atoms with Crippen LogP contribution in [-0.4, -0.2) is 11.6 Å². The van der Waals surface area contributed by atoms with E-state index in [0.717, 1.165) is 0 Å². The molecule has 0 aliphatic rings. The van der Waals surface area contributed by atoms with Gasteiger partial charge in [-0.1, -0.05) is 17.5 Å². The molecule has 12 heavy (non-hydrogen) atoms. The minimum atomic E-state index is 0.174. The molecule has 0 fully saturated rings. The van der Waals surface area contributed by atoms with Crippen molar-refractivity contribution in [3.63, 3.8) is 0 Å². The molecule has 1 heterocycles. The maximum absolute atomic E-state index is 5.75. The topological polar surface area (TPSA) is 34.1 Å². The van der Waals surface area contributed by atoms with Gasteiger partial charge in [0.05, 0.1) is 5.02 Å². The van der Waals surface area contributed by atoms with Crippen LogP contribution in [0.15, 0.2) is 18.3 Å². The summed E-state index contributed by atoms with van der Waals surface area (Å²) in [5.74, 6) is 2.77. The molecule has 3 nitrogen and oxygen atoms in total. The summed E-state index contributed by atoms with van der Waals surface area (Å²) >= 11 is 5.75. The Bertz CT molecular complexity index is 295. The van der Waals surface area contributed by atoms with Gasteiger partial charge in [0.2, 0.25) is 0 Å². The van der Waals surface area contributed by atoms with E-state index in [2.05, 4.69) is 16.4 Å². The quantitative estimate of drug-likeness (QED) is 0.439. The van der Waals surface area contributed by atoms with Gasteiger partial charge in [0.1, 0.15) is 6.61 Å². The summed E-state index contributed by atoms with van der Waals surface area (Å²) in [7, 11) is 0.